The molecule has 0 atom stereocenters. The predicted octanol–water partition coefficient (Wildman–Crippen LogP) is 3.93. The monoisotopic (exact) mass is 378 g/mol. The van der Waals surface area contributed by atoms with Gasteiger partial charge in [-0.25, -0.2) is 8.42 Å². The molecule has 0 radical (unpaired) electrons. The highest BCUT2D eigenvalue weighted by atomic mass is 32.2. The summed E-state index contributed by atoms with van der Waals surface area (Å²) in [6, 6.07) is 10.5. The van der Waals surface area contributed by atoms with Gasteiger partial charge in [-0.15, -0.1) is 0 Å². The van der Waals surface area contributed by atoms with Crippen LogP contribution in [0.2, 0.25) is 0 Å². The second kappa shape index (κ2) is 7.33. The van der Waals surface area contributed by atoms with E-state index in [0.29, 0.717) is 0 Å². The van der Waals surface area contributed by atoms with Crippen molar-refractivity contribution >= 4 is 21.4 Å². The summed E-state index contributed by atoms with van der Waals surface area (Å²) in [6.07, 6.45) is 0.834. The molecule has 0 spiro atoms. The number of hydrogen-bond donors (Lipinski definition) is 2. The summed E-state index contributed by atoms with van der Waals surface area (Å²) in [5, 5.41) is 21.1. The van der Waals surface area contributed by atoms with Gasteiger partial charge in [0.15, 0.2) is 0 Å². The number of aromatic hydroxyl groups is 1. The quantitative estimate of drug-likeness (QED) is 0.431. The first-order chi connectivity index (χ1) is 12.1. The number of benzene rings is 2. The van der Waals surface area contributed by atoms with Crippen LogP contribution in [0.1, 0.15) is 38.3 Å². The van der Waals surface area contributed by atoms with Gasteiger partial charge < -0.3 is 5.11 Å². The minimum Gasteiger partial charge on any atom is -0.506 e. The SMILES string of the molecule is CCC(C)(C)c1ccc(O)c(NS(=O)(=O)Cc2ccccc2[N+](=O)[O-])c1. The zero-order chi connectivity index (χ0) is 19.5. The molecule has 26 heavy (non-hydrogen) atoms. The Balaban J connectivity index is 2.33. The number of nitrogens with one attached hydrogen (secondary N) is 1. The molecule has 2 aromatic carbocycles. The average Bonchev–Trinajstić information content (AvgIpc) is 2.56. The summed E-state index contributed by atoms with van der Waals surface area (Å²) in [6.45, 7) is 6.06. The summed E-state index contributed by atoms with van der Waals surface area (Å²) in [7, 11) is -3.95. The van der Waals surface area contributed by atoms with E-state index >= 15 is 0 Å². The van der Waals surface area contributed by atoms with Crippen molar-refractivity contribution in [1.29, 1.82) is 0 Å². The molecule has 2 rings (SSSR count). The zero-order valence-electron chi connectivity index (χ0n) is 14.9. The number of hydrogen-bond acceptors (Lipinski definition) is 5. The maximum Gasteiger partial charge on any atom is 0.273 e. The Labute approximate surface area is 152 Å². The number of anilines is 1. The first-order valence-electron chi connectivity index (χ1n) is 8.12. The third-order valence-electron chi connectivity index (χ3n) is 4.46. The van der Waals surface area contributed by atoms with E-state index in [1.54, 1.807) is 18.2 Å². The minimum absolute atomic E-state index is 0.0580. The van der Waals surface area contributed by atoms with Crippen LogP contribution in [0.3, 0.4) is 0 Å². The first kappa shape index (κ1) is 19.7. The largest absolute Gasteiger partial charge is 0.506 e. The Hall–Kier alpha value is -2.61. The maximum atomic E-state index is 12.5. The molecule has 0 aromatic heterocycles. The van der Waals surface area contributed by atoms with Crippen molar-refractivity contribution in [3.8, 4) is 5.75 Å². The number of phenolic OH excluding ortho intramolecular Hbond substituents is 1. The molecule has 0 aliphatic rings. The second-order valence-corrected chi connectivity index (χ2v) is 8.44. The number of nitrogens with zero attached hydrogens (tertiary/aromatic N) is 1. The van der Waals surface area contributed by atoms with E-state index in [1.165, 1.54) is 24.3 Å². The molecule has 8 heteroatoms. The van der Waals surface area contributed by atoms with E-state index in [1.807, 2.05) is 20.8 Å². The molecule has 0 saturated carbocycles. The molecule has 0 heterocycles. The smallest absolute Gasteiger partial charge is 0.273 e. The van der Waals surface area contributed by atoms with Crippen molar-refractivity contribution in [3.63, 3.8) is 0 Å². The fourth-order valence-corrected chi connectivity index (χ4v) is 3.69. The normalized spacial score (nSPS) is 12.0. The molecule has 0 bridgehead atoms. The summed E-state index contributed by atoms with van der Waals surface area (Å²) in [5.74, 6) is -0.767. The maximum absolute atomic E-state index is 12.5. The van der Waals surface area contributed by atoms with Gasteiger partial charge in [0.05, 0.1) is 10.6 Å². The molecule has 140 valence electrons. The van der Waals surface area contributed by atoms with Crippen molar-refractivity contribution < 1.29 is 18.4 Å². The van der Waals surface area contributed by atoms with Gasteiger partial charge in [-0.3, -0.25) is 14.8 Å². The van der Waals surface area contributed by atoms with Crippen LogP contribution in [-0.2, 0) is 21.2 Å². The number of phenols is 1. The van der Waals surface area contributed by atoms with Crippen LogP contribution in [0.4, 0.5) is 11.4 Å². The Morgan fingerprint density at radius 2 is 1.85 bits per heavy atom. The lowest BCUT2D eigenvalue weighted by Crippen LogP contribution is -2.18. The third-order valence-corrected chi connectivity index (χ3v) is 5.68. The van der Waals surface area contributed by atoms with Crippen LogP contribution in [0, 0.1) is 10.1 Å². The van der Waals surface area contributed by atoms with Crippen molar-refractivity contribution in [2.45, 2.75) is 38.4 Å². The molecular weight excluding hydrogens is 356 g/mol. The highest BCUT2D eigenvalue weighted by molar-refractivity contribution is 7.91. The van der Waals surface area contributed by atoms with Gasteiger partial charge in [0.2, 0.25) is 10.0 Å². The molecule has 0 aliphatic heterocycles. The topological polar surface area (TPSA) is 110 Å². The van der Waals surface area contributed by atoms with Crippen LogP contribution in [0.15, 0.2) is 42.5 Å². The Morgan fingerprint density at radius 3 is 2.46 bits per heavy atom. The van der Waals surface area contributed by atoms with E-state index in [-0.39, 0.29) is 28.1 Å². The predicted molar refractivity (Wildman–Crippen MR) is 101 cm³/mol. The molecule has 0 fully saturated rings. The van der Waals surface area contributed by atoms with Gasteiger partial charge in [0, 0.05) is 11.6 Å². The van der Waals surface area contributed by atoms with Crippen molar-refractivity contribution in [2.24, 2.45) is 0 Å². The average molecular weight is 378 g/mol. The van der Waals surface area contributed by atoms with E-state index in [0.717, 1.165) is 12.0 Å². The Kier molecular flexibility index (Phi) is 5.56. The zero-order valence-corrected chi connectivity index (χ0v) is 15.7. The van der Waals surface area contributed by atoms with Gasteiger partial charge in [-0.2, -0.15) is 0 Å². The van der Waals surface area contributed by atoms with Gasteiger partial charge >= 0.3 is 0 Å². The molecule has 0 amide bonds. The molecule has 0 saturated heterocycles. The van der Waals surface area contributed by atoms with Crippen LogP contribution in [0.25, 0.3) is 0 Å². The number of para-hydroxylation sites is 1. The number of rotatable bonds is 7. The molecule has 2 aromatic rings. The molecule has 2 N–H and O–H groups in total. The fourth-order valence-electron chi connectivity index (χ4n) is 2.46. The Bertz CT molecular complexity index is 923. The lowest BCUT2D eigenvalue weighted by atomic mass is 9.82. The van der Waals surface area contributed by atoms with Gasteiger partial charge in [-0.1, -0.05) is 45.0 Å². The summed E-state index contributed by atoms with van der Waals surface area (Å²) in [4.78, 5) is 10.4. The van der Waals surface area contributed by atoms with Gasteiger partial charge in [0.25, 0.3) is 5.69 Å². The number of sulfonamides is 1. The lowest BCUT2D eigenvalue weighted by molar-refractivity contribution is -0.385. The summed E-state index contributed by atoms with van der Waals surface area (Å²) >= 11 is 0. The highest BCUT2D eigenvalue weighted by Gasteiger charge is 2.23. The lowest BCUT2D eigenvalue weighted by Gasteiger charge is -2.24. The highest BCUT2D eigenvalue weighted by Crippen LogP contribution is 2.33. The van der Waals surface area contributed by atoms with Crippen LogP contribution >= 0.6 is 0 Å². The van der Waals surface area contributed by atoms with Gasteiger partial charge in [-0.05, 0) is 29.5 Å². The third kappa shape index (κ3) is 4.51. The Morgan fingerprint density at radius 1 is 1.19 bits per heavy atom. The van der Waals surface area contributed by atoms with Crippen molar-refractivity contribution in [1.82, 2.24) is 0 Å². The number of nitro benzene ring substituents is 1. The standard InChI is InChI=1S/C18H22N2O5S/c1-4-18(2,3)14-9-10-17(21)15(11-14)19-26(24,25)12-13-7-5-6-8-16(13)20(22)23/h5-11,19,21H,4,12H2,1-3H3. The van der Waals surface area contributed by atoms with E-state index < -0.39 is 20.7 Å². The first-order valence-corrected chi connectivity index (χ1v) is 9.77. The van der Waals surface area contributed by atoms with Crippen LogP contribution in [0.5, 0.6) is 5.75 Å². The summed E-state index contributed by atoms with van der Waals surface area (Å²) < 4.78 is 27.3. The molecular formula is C18H22N2O5S. The second-order valence-electron chi connectivity index (χ2n) is 6.72. The minimum atomic E-state index is -3.95. The van der Waals surface area contributed by atoms with Crippen LogP contribution in [-0.4, -0.2) is 18.4 Å². The van der Waals surface area contributed by atoms with E-state index in [2.05, 4.69) is 4.72 Å². The molecule has 0 unspecified atom stereocenters. The van der Waals surface area contributed by atoms with E-state index in [4.69, 9.17) is 0 Å². The number of nitro groups is 1. The summed E-state index contributed by atoms with van der Waals surface area (Å²) in [5.41, 5.74) is 0.563. The van der Waals surface area contributed by atoms with Crippen molar-refractivity contribution in [2.75, 3.05) is 4.72 Å². The van der Waals surface area contributed by atoms with Crippen LogP contribution < -0.4 is 4.72 Å². The van der Waals surface area contributed by atoms with Crippen molar-refractivity contribution in [3.05, 3.63) is 63.7 Å². The van der Waals surface area contributed by atoms with Gasteiger partial charge in [0.1, 0.15) is 11.5 Å². The fraction of sp³-hybridized carbons (Fsp3) is 0.333. The molecule has 0 aliphatic carbocycles. The molecule has 7 nitrogen and oxygen atoms in total. The van der Waals surface area contributed by atoms with E-state index in [9.17, 15) is 23.6 Å².